The van der Waals surface area contributed by atoms with E-state index in [1.54, 1.807) is 6.20 Å². The molecule has 0 radical (unpaired) electrons. The van der Waals surface area contributed by atoms with Crippen LogP contribution in [0.3, 0.4) is 0 Å². The summed E-state index contributed by atoms with van der Waals surface area (Å²) in [5.41, 5.74) is 0.948. The van der Waals surface area contributed by atoms with E-state index in [4.69, 9.17) is 4.74 Å². The van der Waals surface area contributed by atoms with Gasteiger partial charge in [0.25, 0.3) is 0 Å². The molecule has 2 aromatic heterocycles. The molecular weight excluding hydrogens is 290 g/mol. The first kappa shape index (κ1) is 14.2. The summed E-state index contributed by atoms with van der Waals surface area (Å²) >= 11 is 1.37. The summed E-state index contributed by atoms with van der Waals surface area (Å²) in [6, 6.07) is 1.91. The van der Waals surface area contributed by atoms with Gasteiger partial charge in [0, 0.05) is 19.3 Å². The average Bonchev–Trinajstić information content (AvgIpc) is 3.16. The molecule has 1 aliphatic rings. The van der Waals surface area contributed by atoms with E-state index in [9.17, 15) is 4.79 Å². The van der Waals surface area contributed by atoms with Crippen molar-refractivity contribution in [3.05, 3.63) is 23.0 Å². The minimum atomic E-state index is -0.249. The van der Waals surface area contributed by atoms with E-state index in [0.717, 1.165) is 17.2 Å². The van der Waals surface area contributed by atoms with E-state index < -0.39 is 0 Å². The third-order valence-electron chi connectivity index (χ3n) is 3.53. The molecule has 1 aliphatic heterocycles. The molecule has 1 fully saturated rings. The first-order valence-electron chi connectivity index (χ1n) is 6.93. The van der Waals surface area contributed by atoms with Crippen LogP contribution in [0.4, 0.5) is 5.13 Å². The van der Waals surface area contributed by atoms with Gasteiger partial charge in [0.15, 0.2) is 0 Å². The summed E-state index contributed by atoms with van der Waals surface area (Å²) in [6.07, 6.45) is 2.19. The van der Waals surface area contributed by atoms with Crippen LogP contribution < -0.4 is 5.32 Å². The molecule has 112 valence electrons. The molecule has 2 atom stereocenters. The Morgan fingerprint density at radius 1 is 1.57 bits per heavy atom. The second-order valence-electron chi connectivity index (χ2n) is 4.87. The fraction of sp³-hybridized carbons (Fsp3) is 0.538. The smallest absolute Gasteiger partial charge is 0.232 e. The van der Waals surface area contributed by atoms with Gasteiger partial charge in [0.05, 0.1) is 11.6 Å². The van der Waals surface area contributed by atoms with Crippen LogP contribution in [0.15, 0.2) is 12.3 Å². The lowest BCUT2D eigenvalue weighted by molar-refractivity contribution is -0.121. The number of hydrogen-bond donors (Lipinski definition) is 1. The highest BCUT2D eigenvalue weighted by Crippen LogP contribution is 2.35. The Balaban J connectivity index is 1.76. The Bertz CT molecular complexity index is 638. The predicted octanol–water partition coefficient (Wildman–Crippen LogP) is 1.78. The van der Waals surface area contributed by atoms with Gasteiger partial charge in [-0.2, -0.15) is 5.10 Å². The van der Waals surface area contributed by atoms with E-state index in [0.29, 0.717) is 18.2 Å². The molecule has 0 aromatic carbocycles. The largest absolute Gasteiger partial charge is 0.371 e. The molecule has 0 saturated carbocycles. The molecule has 8 heteroatoms. The Kier molecular flexibility index (Phi) is 3.98. The van der Waals surface area contributed by atoms with E-state index in [2.05, 4.69) is 20.6 Å². The number of aromatic nitrogens is 4. The van der Waals surface area contributed by atoms with Gasteiger partial charge in [-0.15, -0.1) is 10.2 Å². The quantitative estimate of drug-likeness (QED) is 0.931. The normalized spacial score (nSPS) is 21.6. The number of carbonyl (C=O) groups is 1. The van der Waals surface area contributed by atoms with Crippen molar-refractivity contribution in [2.24, 2.45) is 5.92 Å². The van der Waals surface area contributed by atoms with Gasteiger partial charge in [-0.05, 0) is 26.3 Å². The number of nitrogens with zero attached hydrogens (tertiary/aromatic N) is 4. The Labute approximate surface area is 126 Å². The van der Waals surface area contributed by atoms with Crippen LogP contribution in [-0.4, -0.2) is 32.5 Å². The summed E-state index contributed by atoms with van der Waals surface area (Å²) in [5.74, 6) is -0.297. The van der Waals surface area contributed by atoms with Crippen molar-refractivity contribution < 1.29 is 9.53 Å². The van der Waals surface area contributed by atoms with Crippen molar-refractivity contribution in [1.29, 1.82) is 0 Å². The Morgan fingerprint density at radius 3 is 3.14 bits per heavy atom. The summed E-state index contributed by atoms with van der Waals surface area (Å²) in [4.78, 5) is 12.4. The maximum absolute atomic E-state index is 12.4. The van der Waals surface area contributed by atoms with Gasteiger partial charge < -0.3 is 10.1 Å². The number of carbonyl (C=O) groups excluding carboxylic acids is 1. The van der Waals surface area contributed by atoms with Gasteiger partial charge in [-0.1, -0.05) is 11.3 Å². The van der Waals surface area contributed by atoms with Crippen LogP contribution in [0, 0.1) is 12.8 Å². The van der Waals surface area contributed by atoms with Crippen LogP contribution in [0.2, 0.25) is 0 Å². The third-order valence-corrected chi connectivity index (χ3v) is 4.28. The molecule has 7 nitrogen and oxygen atoms in total. The van der Waals surface area contributed by atoms with Crippen LogP contribution in [0.25, 0.3) is 0 Å². The first-order valence-corrected chi connectivity index (χ1v) is 7.75. The number of amides is 1. The standard InChI is InChI=1S/C13H17N5O2S/c1-3-18-10(4-6-14-18)11-9(5-7-20-11)12(19)15-13-17-16-8(2)21-13/h4,6,9,11H,3,5,7H2,1-2H3,(H,15,17,19)/t9-,11-/m1/s1. The topological polar surface area (TPSA) is 81.9 Å². The number of hydrogen-bond acceptors (Lipinski definition) is 6. The number of nitrogens with one attached hydrogen (secondary N) is 1. The van der Waals surface area contributed by atoms with Crippen molar-refractivity contribution in [3.63, 3.8) is 0 Å². The summed E-state index contributed by atoms with van der Waals surface area (Å²) in [7, 11) is 0. The summed E-state index contributed by atoms with van der Waals surface area (Å²) in [6.45, 7) is 5.21. The molecule has 0 bridgehead atoms. The SMILES string of the molecule is CCn1nccc1[C@@H]1OCC[C@H]1C(=O)Nc1nnc(C)s1. The predicted molar refractivity (Wildman–Crippen MR) is 78.0 cm³/mol. The van der Waals surface area contributed by atoms with Crippen molar-refractivity contribution in [3.8, 4) is 0 Å². The molecular formula is C13H17N5O2S. The van der Waals surface area contributed by atoms with Crippen LogP contribution >= 0.6 is 11.3 Å². The summed E-state index contributed by atoms with van der Waals surface area (Å²) in [5, 5.41) is 16.3. The lowest BCUT2D eigenvalue weighted by Crippen LogP contribution is -2.26. The zero-order valence-electron chi connectivity index (χ0n) is 11.9. The maximum atomic E-state index is 12.4. The Morgan fingerprint density at radius 2 is 2.43 bits per heavy atom. The monoisotopic (exact) mass is 307 g/mol. The minimum absolute atomic E-state index is 0.0718. The number of anilines is 1. The van der Waals surface area contributed by atoms with Crippen molar-refractivity contribution in [1.82, 2.24) is 20.0 Å². The summed E-state index contributed by atoms with van der Waals surface area (Å²) < 4.78 is 7.63. The van der Waals surface area contributed by atoms with Crippen molar-refractivity contribution in [2.75, 3.05) is 11.9 Å². The van der Waals surface area contributed by atoms with Crippen molar-refractivity contribution in [2.45, 2.75) is 32.9 Å². The molecule has 1 amide bonds. The van der Waals surface area contributed by atoms with Gasteiger partial charge in [-0.25, -0.2) is 0 Å². The van der Waals surface area contributed by atoms with Gasteiger partial charge in [0.1, 0.15) is 11.1 Å². The molecule has 1 N–H and O–H groups in total. The van der Waals surface area contributed by atoms with E-state index in [-0.39, 0.29) is 17.9 Å². The second-order valence-corrected chi connectivity index (χ2v) is 6.06. The number of aryl methyl sites for hydroxylation is 2. The lowest BCUT2D eigenvalue weighted by Gasteiger charge is -2.18. The van der Waals surface area contributed by atoms with Crippen LogP contribution in [-0.2, 0) is 16.1 Å². The second kappa shape index (κ2) is 5.90. The maximum Gasteiger partial charge on any atom is 0.232 e. The molecule has 2 aromatic rings. The molecule has 3 rings (SSSR count). The highest BCUT2D eigenvalue weighted by Gasteiger charge is 2.37. The highest BCUT2D eigenvalue weighted by molar-refractivity contribution is 7.15. The fourth-order valence-electron chi connectivity index (χ4n) is 2.54. The molecule has 0 aliphatic carbocycles. The van der Waals surface area contributed by atoms with Crippen molar-refractivity contribution >= 4 is 22.4 Å². The van der Waals surface area contributed by atoms with E-state index in [1.165, 1.54) is 11.3 Å². The van der Waals surface area contributed by atoms with Gasteiger partial charge >= 0.3 is 0 Å². The van der Waals surface area contributed by atoms with Gasteiger partial charge in [0.2, 0.25) is 11.0 Å². The molecule has 0 spiro atoms. The lowest BCUT2D eigenvalue weighted by atomic mass is 9.98. The molecule has 21 heavy (non-hydrogen) atoms. The third kappa shape index (κ3) is 2.81. The fourth-order valence-corrected chi connectivity index (χ4v) is 3.14. The van der Waals surface area contributed by atoms with E-state index in [1.807, 2.05) is 24.6 Å². The van der Waals surface area contributed by atoms with Gasteiger partial charge in [-0.3, -0.25) is 9.48 Å². The average molecular weight is 307 g/mol. The minimum Gasteiger partial charge on any atom is -0.371 e. The molecule has 3 heterocycles. The zero-order valence-corrected chi connectivity index (χ0v) is 12.8. The first-order chi connectivity index (χ1) is 10.2. The highest BCUT2D eigenvalue weighted by atomic mass is 32.1. The molecule has 1 saturated heterocycles. The Hall–Kier alpha value is -1.80. The van der Waals surface area contributed by atoms with Crippen LogP contribution in [0.5, 0.6) is 0 Å². The number of ether oxygens (including phenoxy) is 1. The number of rotatable bonds is 4. The van der Waals surface area contributed by atoms with Crippen LogP contribution in [0.1, 0.15) is 30.2 Å². The zero-order chi connectivity index (χ0) is 14.8. The molecule has 0 unspecified atom stereocenters. The van der Waals surface area contributed by atoms with E-state index >= 15 is 0 Å².